The summed E-state index contributed by atoms with van der Waals surface area (Å²) in [6, 6.07) is 1.77. The number of nitrogens with one attached hydrogen (secondary N) is 1. The summed E-state index contributed by atoms with van der Waals surface area (Å²) in [7, 11) is 0. The second kappa shape index (κ2) is 4.86. The summed E-state index contributed by atoms with van der Waals surface area (Å²) in [5.41, 5.74) is 2.51. The quantitative estimate of drug-likeness (QED) is 0.720. The SMILES string of the molecule is O=C(c1nc2ncccn2n1)N1CCCC2(CCc3cn[nH]c32)C1. The van der Waals surface area contributed by atoms with Crippen LogP contribution in [0.1, 0.15) is 41.1 Å². The Bertz CT molecular complexity index is 896. The summed E-state index contributed by atoms with van der Waals surface area (Å²) in [6.45, 7) is 1.44. The molecule has 0 bridgehead atoms. The first-order valence-electron chi connectivity index (χ1n) is 8.25. The molecule has 1 fully saturated rings. The number of likely N-dealkylation sites (tertiary alicyclic amines) is 1. The Balaban J connectivity index is 1.45. The maximum atomic E-state index is 12.9. The lowest BCUT2D eigenvalue weighted by atomic mass is 9.77. The lowest BCUT2D eigenvalue weighted by Gasteiger charge is -2.39. The van der Waals surface area contributed by atoms with Crippen LogP contribution in [0.25, 0.3) is 5.78 Å². The highest BCUT2D eigenvalue weighted by atomic mass is 16.2. The molecule has 0 radical (unpaired) electrons. The highest BCUT2D eigenvalue weighted by molar-refractivity contribution is 5.91. The maximum Gasteiger partial charge on any atom is 0.293 e. The highest BCUT2D eigenvalue weighted by Gasteiger charge is 2.45. The van der Waals surface area contributed by atoms with Gasteiger partial charge in [0.2, 0.25) is 5.82 Å². The third kappa shape index (κ3) is 1.88. The Morgan fingerprint density at radius 3 is 3.21 bits per heavy atom. The van der Waals surface area contributed by atoms with Gasteiger partial charge in [-0.25, -0.2) is 9.50 Å². The summed E-state index contributed by atoms with van der Waals surface area (Å²) in [5.74, 6) is 0.547. The minimum Gasteiger partial charge on any atom is -0.335 e. The van der Waals surface area contributed by atoms with E-state index in [2.05, 4.69) is 25.3 Å². The van der Waals surface area contributed by atoms with Crippen molar-refractivity contribution in [1.82, 2.24) is 34.7 Å². The molecular formula is C16H17N7O. The van der Waals surface area contributed by atoms with Gasteiger partial charge in [0.1, 0.15) is 0 Å². The van der Waals surface area contributed by atoms with E-state index in [0.717, 1.165) is 32.2 Å². The Morgan fingerprint density at radius 1 is 1.33 bits per heavy atom. The molecule has 122 valence electrons. The van der Waals surface area contributed by atoms with Crippen molar-refractivity contribution < 1.29 is 4.79 Å². The van der Waals surface area contributed by atoms with Crippen molar-refractivity contribution in [3.63, 3.8) is 0 Å². The average Bonchev–Trinajstić information content (AvgIpc) is 3.31. The monoisotopic (exact) mass is 323 g/mol. The largest absolute Gasteiger partial charge is 0.335 e. The van der Waals surface area contributed by atoms with Gasteiger partial charge >= 0.3 is 0 Å². The number of carbonyl (C=O) groups is 1. The van der Waals surface area contributed by atoms with E-state index in [-0.39, 0.29) is 17.1 Å². The van der Waals surface area contributed by atoms with Crippen LogP contribution in [0.15, 0.2) is 24.7 Å². The van der Waals surface area contributed by atoms with E-state index in [0.29, 0.717) is 12.3 Å². The van der Waals surface area contributed by atoms with E-state index in [9.17, 15) is 4.79 Å². The van der Waals surface area contributed by atoms with Gasteiger partial charge in [-0.05, 0) is 37.3 Å². The third-order valence-electron chi connectivity index (χ3n) is 5.29. The number of carbonyl (C=O) groups excluding carboxylic acids is 1. The normalized spacial score (nSPS) is 23.1. The molecule has 1 saturated heterocycles. The van der Waals surface area contributed by atoms with Gasteiger partial charge < -0.3 is 4.90 Å². The number of fused-ring (bicyclic) bond motifs is 3. The van der Waals surface area contributed by atoms with Crippen molar-refractivity contribution in [2.45, 2.75) is 31.1 Å². The van der Waals surface area contributed by atoms with E-state index < -0.39 is 0 Å². The topological polar surface area (TPSA) is 92.1 Å². The number of aryl methyl sites for hydroxylation is 1. The second-order valence-electron chi connectivity index (χ2n) is 6.68. The molecule has 3 aromatic rings. The van der Waals surface area contributed by atoms with Crippen LogP contribution >= 0.6 is 0 Å². The van der Waals surface area contributed by atoms with Crippen LogP contribution in [0.5, 0.6) is 0 Å². The molecule has 3 aromatic heterocycles. The van der Waals surface area contributed by atoms with Gasteiger partial charge in [-0.15, -0.1) is 5.10 Å². The molecule has 1 spiro atoms. The zero-order valence-corrected chi connectivity index (χ0v) is 13.1. The Morgan fingerprint density at radius 2 is 2.29 bits per heavy atom. The number of aromatic amines is 1. The van der Waals surface area contributed by atoms with Gasteiger partial charge in [-0.3, -0.25) is 9.89 Å². The fourth-order valence-electron chi connectivity index (χ4n) is 4.14. The molecule has 1 N–H and O–H groups in total. The zero-order valence-electron chi connectivity index (χ0n) is 13.1. The molecule has 24 heavy (non-hydrogen) atoms. The molecular weight excluding hydrogens is 306 g/mol. The van der Waals surface area contributed by atoms with E-state index in [1.165, 1.54) is 15.8 Å². The molecule has 1 aliphatic carbocycles. The van der Waals surface area contributed by atoms with Crippen molar-refractivity contribution in [2.24, 2.45) is 0 Å². The van der Waals surface area contributed by atoms with E-state index in [1.54, 1.807) is 18.5 Å². The second-order valence-corrected chi connectivity index (χ2v) is 6.68. The van der Waals surface area contributed by atoms with Gasteiger partial charge in [0.25, 0.3) is 11.7 Å². The van der Waals surface area contributed by atoms with Gasteiger partial charge in [0, 0.05) is 36.6 Å². The van der Waals surface area contributed by atoms with Gasteiger partial charge in [0.05, 0.1) is 6.20 Å². The number of hydrogen-bond acceptors (Lipinski definition) is 5. The molecule has 8 nitrogen and oxygen atoms in total. The number of rotatable bonds is 1. The average molecular weight is 323 g/mol. The van der Waals surface area contributed by atoms with Crippen molar-refractivity contribution >= 4 is 11.7 Å². The minimum absolute atomic E-state index is 0.0111. The molecule has 1 atom stereocenters. The van der Waals surface area contributed by atoms with Crippen molar-refractivity contribution in [1.29, 1.82) is 0 Å². The fraction of sp³-hybridized carbons (Fsp3) is 0.438. The highest BCUT2D eigenvalue weighted by Crippen LogP contribution is 2.43. The van der Waals surface area contributed by atoms with E-state index in [4.69, 9.17) is 0 Å². The van der Waals surface area contributed by atoms with E-state index in [1.807, 2.05) is 11.1 Å². The Labute approximate surface area is 137 Å². The summed E-state index contributed by atoms with van der Waals surface area (Å²) in [6.07, 6.45) is 9.48. The van der Waals surface area contributed by atoms with Crippen LogP contribution < -0.4 is 0 Å². The van der Waals surface area contributed by atoms with Crippen LogP contribution in [-0.4, -0.2) is 53.7 Å². The summed E-state index contributed by atoms with van der Waals surface area (Å²) in [5, 5.41) is 11.6. The van der Waals surface area contributed by atoms with Gasteiger partial charge in [0.15, 0.2) is 0 Å². The lowest BCUT2D eigenvalue weighted by molar-refractivity contribution is 0.0621. The minimum atomic E-state index is -0.118. The predicted octanol–water partition coefficient (Wildman–Crippen LogP) is 0.968. The summed E-state index contributed by atoms with van der Waals surface area (Å²) in [4.78, 5) is 23.2. The molecule has 1 unspecified atom stereocenters. The van der Waals surface area contributed by atoms with Crippen LogP contribution in [0.2, 0.25) is 0 Å². The van der Waals surface area contributed by atoms with Crippen LogP contribution in [-0.2, 0) is 11.8 Å². The van der Waals surface area contributed by atoms with Crippen molar-refractivity contribution in [3.8, 4) is 0 Å². The summed E-state index contributed by atoms with van der Waals surface area (Å²) >= 11 is 0. The first-order chi connectivity index (χ1) is 11.8. The van der Waals surface area contributed by atoms with Crippen LogP contribution in [0.3, 0.4) is 0 Å². The molecule has 0 saturated carbocycles. The summed E-state index contributed by atoms with van der Waals surface area (Å²) < 4.78 is 1.54. The third-order valence-corrected chi connectivity index (χ3v) is 5.29. The smallest absolute Gasteiger partial charge is 0.293 e. The van der Waals surface area contributed by atoms with Gasteiger partial charge in [-0.2, -0.15) is 10.1 Å². The van der Waals surface area contributed by atoms with Crippen LogP contribution in [0, 0.1) is 0 Å². The molecule has 8 heteroatoms. The first-order valence-corrected chi connectivity index (χ1v) is 8.25. The Hall–Kier alpha value is -2.77. The Kier molecular flexibility index (Phi) is 2.76. The van der Waals surface area contributed by atoms with Crippen molar-refractivity contribution in [3.05, 3.63) is 41.7 Å². The van der Waals surface area contributed by atoms with E-state index >= 15 is 0 Å². The molecule has 0 aromatic carbocycles. The molecule has 1 aliphatic heterocycles. The molecule has 1 amide bonds. The molecule has 5 rings (SSSR count). The number of H-pyrrole nitrogens is 1. The number of piperidine rings is 1. The fourth-order valence-corrected chi connectivity index (χ4v) is 4.14. The molecule has 4 heterocycles. The van der Waals surface area contributed by atoms with Crippen molar-refractivity contribution in [2.75, 3.05) is 13.1 Å². The predicted molar refractivity (Wildman–Crippen MR) is 84.5 cm³/mol. The van der Waals surface area contributed by atoms with Crippen LogP contribution in [0.4, 0.5) is 0 Å². The van der Waals surface area contributed by atoms with Gasteiger partial charge in [-0.1, -0.05) is 0 Å². The first kappa shape index (κ1) is 13.6. The zero-order chi connectivity index (χ0) is 16.1. The standard InChI is InChI=1S/C16H17N7O/c24-14(13-19-15-17-6-2-8-23(15)21-13)22-7-1-4-16(10-22)5-3-11-9-18-20-12(11)16/h2,6,8-9H,1,3-5,7,10H2,(H,18,20). The number of aromatic nitrogens is 6. The maximum absolute atomic E-state index is 12.9. The molecule has 2 aliphatic rings. The number of hydrogen-bond donors (Lipinski definition) is 1. The lowest BCUT2D eigenvalue weighted by Crippen LogP contribution is -2.48. The number of nitrogens with zero attached hydrogens (tertiary/aromatic N) is 6. The number of amides is 1.